The number of aliphatic hydroxyl groups excluding tert-OH is 1. The molecular formula is C10H13Cl2NO. The molecule has 0 radical (unpaired) electrons. The fourth-order valence-corrected chi connectivity index (χ4v) is 1.67. The Morgan fingerprint density at radius 1 is 1.43 bits per heavy atom. The van der Waals surface area contributed by atoms with Gasteiger partial charge in [0.2, 0.25) is 0 Å². The number of benzene rings is 1. The van der Waals surface area contributed by atoms with Gasteiger partial charge in [-0.05, 0) is 31.5 Å². The maximum atomic E-state index is 9.77. The summed E-state index contributed by atoms with van der Waals surface area (Å²) in [4.78, 5) is 0. The second-order valence-corrected chi connectivity index (χ2v) is 4.24. The average Bonchev–Trinajstić information content (AvgIpc) is 2.08. The van der Waals surface area contributed by atoms with Crippen LogP contribution in [0, 0.1) is 0 Å². The molecule has 0 fully saturated rings. The fourth-order valence-electron chi connectivity index (χ4n) is 1.25. The highest BCUT2D eigenvalue weighted by Gasteiger charge is 2.13. The zero-order valence-electron chi connectivity index (χ0n) is 7.87. The van der Waals surface area contributed by atoms with Gasteiger partial charge in [-0.15, -0.1) is 0 Å². The van der Waals surface area contributed by atoms with Crippen LogP contribution in [0.25, 0.3) is 0 Å². The lowest BCUT2D eigenvalue weighted by Crippen LogP contribution is -2.18. The Labute approximate surface area is 93.6 Å². The number of hydrogen-bond acceptors (Lipinski definition) is 2. The summed E-state index contributed by atoms with van der Waals surface area (Å²) in [5.74, 6) is 0. The predicted octanol–water partition coefficient (Wildman–Crippen LogP) is 2.76. The van der Waals surface area contributed by atoms with Crippen molar-refractivity contribution in [3.8, 4) is 0 Å². The molecule has 0 aliphatic heterocycles. The molecule has 2 unspecified atom stereocenters. The lowest BCUT2D eigenvalue weighted by atomic mass is 10.0. The molecule has 4 heteroatoms. The van der Waals surface area contributed by atoms with Crippen LogP contribution >= 0.6 is 23.2 Å². The van der Waals surface area contributed by atoms with E-state index in [4.69, 9.17) is 28.9 Å². The topological polar surface area (TPSA) is 46.2 Å². The number of halogens is 2. The molecule has 1 rings (SSSR count). The first-order valence-corrected chi connectivity index (χ1v) is 5.15. The Morgan fingerprint density at radius 2 is 2.07 bits per heavy atom. The van der Waals surface area contributed by atoms with E-state index in [0.29, 0.717) is 22.0 Å². The first-order chi connectivity index (χ1) is 6.50. The van der Waals surface area contributed by atoms with Crippen molar-refractivity contribution in [2.75, 3.05) is 0 Å². The Bertz CT molecular complexity index is 315. The molecule has 1 aromatic carbocycles. The third kappa shape index (κ3) is 3.14. The summed E-state index contributed by atoms with van der Waals surface area (Å²) >= 11 is 11.7. The highest BCUT2D eigenvalue weighted by molar-refractivity contribution is 6.33. The SMILES string of the molecule is CC(N)CC(O)c1cc(Cl)ccc1Cl. The van der Waals surface area contributed by atoms with Crippen molar-refractivity contribution in [2.24, 2.45) is 5.73 Å². The van der Waals surface area contributed by atoms with Crippen molar-refractivity contribution < 1.29 is 5.11 Å². The van der Waals surface area contributed by atoms with E-state index in [1.165, 1.54) is 0 Å². The standard InChI is InChI=1S/C10H13Cl2NO/c1-6(13)4-10(14)8-5-7(11)2-3-9(8)12/h2-3,5-6,10,14H,4,13H2,1H3. The minimum absolute atomic E-state index is 0.0694. The van der Waals surface area contributed by atoms with Gasteiger partial charge in [0, 0.05) is 21.7 Å². The summed E-state index contributed by atoms with van der Waals surface area (Å²) in [5, 5.41) is 10.9. The molecule has 0 aromatic heterocycles. The van der Waals surface area contributed by atoms with Crippen LogP contribution in [0.5, 0.6) is 0 Å². The molecular weight excluding hydrogens is 221 g/mol. The van der Waals surface area contributed by atoms with E-state index in [1.54, 1.807) is 18.2 Å². The molecule has 0 spiro atoms. The molecule has 78 valence electrons. The van der Waals surface area contributed by atoms with Gasteiger partial charge in [-0.3, -0.25) is 0 Å². The quantitative estimate of drug-likeness (QED) is 0.844. The van der Waals surface area contributed by atoms with Crippen molar-refractivity contribution in [3.63, 3.8) is 0 Å². The zero-order chi connectivity index (χ0) is 10.7. The third-order valence-electron chi connectivity index (χ3n) is 1.91. The van der Waals surface area contributed by atoms with Gasteiger partial charge >= 0.3 is 0 Å². The molecule has 2 atom stereocenters. The zero-order valence-corrected chi connectivity index (χ0v) is 9.39. The minimum atomic E-state index is -0.652. The predicted molar refractivity (Wildman–Crippen MR) is 59.7 cm³/mol. The van der Waals surface area contributed by atoms with Gasteiger partial charge in [0.25, 0.3) is 0 Å². The lowest BCUT2D eigenvalue weighted by Gasteiger charge is -2.14. The van der Waals surface area contributed by atoms with E-state index in [2.05, 4.69) is 0 Å². The van der Waals surface area contributed by atoms with Crippen LogP contribution in [0.4, 0.5) is 0 Å². The molecule has 0 aliphatic carbocycles. The van der Waals surface area contributed by atoms with Crippen molar-refractivity contribution >= 4 is 23.2 Å². The molecule has 0 saturated heterocycles. The summed E-state index contributed by atoms with van der Waals surface area (Å²) in [7, 11) is 0. The Hall–Kier alpha value is -0.280. The van der Waals surface area contributed by atoms with E-state index in [1.807, 2.05) is 6.92 Å². The lowest BCUT2D eigenvalue weighted by molar-refractivity contribution is 0.160. The van der Waals surface area contributed by atoms with Gasteiger partial charge in [0.15, 0.2) is 0 Å². The van der Waals surface area contributed by atoms with Crippen LogP contribution in [-0.2, 0) is 0 Å². The largest absolute Gasteiger partial charge is 0.388 e. The molecule has 1 aromatic rings. The first-order valence-electron chi connectivity index (χ1n) is 4.39. The molecule has 3 N–H and O–H groups in total. The molecule has 2 nitrogen and oxygen atoms in total. The molecule has 0 aliphatic rings. The second kappa shape index (κ2) is 4.99. The van der Waals surface area contributed by atoms with E-state index < -0.39 is 6.10 Å². The van der Waals surface area contributed by atoms with Crippen molar-refractivity contribution in [3.05, 3.63) is 33.8 Å². The van der Waals surface area contributed by atoms with Gasteiger partial charge in [-0.2, -0.15) is 0 Å². The van der Waals surface area contributed by atoms with Gasteiger partial charge in [0.05, 0.1) is 6.10 Å². The van der Waals surface area contributed by atoms with Crippen LogP contribution in [0.2, 0.25) is 10.0 Å². The molecule has 0 saturated carbocycles. The monoisotopic (exact) mass is 233 g/mol. The normalized spacial score (nSPS) is 15.2. The second-order valence-electron chi connectivity index (χ2n) is 3.39. The molecule has 0 amide bonds. The molecule has 0 heterocycles. The Kier molecular flexibility index (Phi) is 4.20. The van der Waals surface area contributed by atoms with Crippen molar-refractivity contribution in [1.82, 2.24) is 0 Å². The van der Waals surface area contributed by atoms with E-state index in [-0.39, 0.29) is 6.04 Å². The third-order valence-corrected chi connectivity index (χ3v) is 2.49. The molecule has 14 heavy (non-hydrogen) atoms. The smallest absolute Gasteiger partial charge is 0.0819 e. The maximum Gasteiger partial charge on any atom is 0.0819 e. The van der Waals surface area contributed by atoms with Gasteiger partial charge < -0.3 is 10.8 Å². The number of hydrogen-bond donors (Lipinski definition) is 2. The molecule has 0 bridgehead atoms. The van der Waals surface area contributed by atoms with Crippen LogP contribution in [0.1, 0.15) is 25.0 Å². The summed E-state index contributed by atoms with van der Waals surface area (Å²) in [6, 6.07) is 4.95. The summed E-state index contributed by atoms with van der Waals surface area (Å²) in [6.07, 6.45) is -0.179. The van der Waals surface area contributed by atoms with Crippen LogP contribution < -0.4 is 5.73 Å². The number of nitrogens with two attached hydrogens (primary N) is 1. The van der Waals surface area contributed by atoms with Gasteiger partial charge in [-0.25, -0.2) is 0 Å². The van der Waals surface area contributed by atoms with Crippen LogP contribution in [0.3, 0.4) is 0 Å². The van der Waals surface area contributed by atoms with E-state index >= 15 is 0 Å². The van der Waals surface area contributed by atoms with Gasteiger partial charge in [0.1, 0.15) is 0 Å². The summed E-state index contributed by atoms with van der Waals surface area (Å²) in [5.41, 5.74) is 6.22. The van der Waals surface area contributed by atoms with E-state index in [9.17, 15) is 5.11 Å². The Balaban J connectivity index is 2.88. The average molecular weight is 234 g/mol. The maximum absolute atomic E-state index is 9.77. The van der Waals surface area contributed by atoms with Crippen LogP contribution in [0.15, 0.2) is 18.2 Å². The first kappa shape index (κ1) is 11.8. The summed E-state index contributed by atoms with van der Waals surface area (Å²) < 4.78 is 0. The van der Waals surface area contributed by atoms with Crippen molar-refractivity contribution in [1.29, 1.82) is 0 Å². The van der Waals surface area contributed by atoms with Gasteiger partial charge in [-0.1, -0.05) is 23.2 Å². The van der Waals surface area contributed by atoms with Crippen LogP contribution in [-0.4, -0.2) is 11.1 Å². The van der Waals surface area contributed by atoms with Crippen molar-refractivity contribution in [2.45, 2.75) is 25.5 Å². The number of aliphatic hydroxyl groups is 1. The summed E-state index contributed by atoms with van der Waals surface area (Å²) in [6.45, 7) is 1.83. The highest BCUT2D eigenvalue weighted by atomic mass is 35.5. The minimum Gasteiger partial charge on any atom is -0.388 e. The Morgan fingerprint density at radius 3 is 2.64 bits per heavy atom. The fraction of sp³-hybridized carbons (Fsp3) is 0.400. The highest BCUT2D eigenvalue weighted by Crippen LogP contribution is 2.28. The van der Waals surface area contributed by atoms with E-state index in [0.717, 1.165) is 0 Å². The number of rotatable bonds is 3.